The minimum absolute atomic E-state index is 0.0543. The molecule has 0 spiro atoms. The summed E-state index contributed by atoms with van der Waals surface area (Å²) in [5.41, 5.74) is 1.01. The van der Waals surface area contributed by atoms with Crippen LogP contribution in [0.25, 0.3) is 5.65 Å². The van der Waals surface area contributed by atoms with Crippen LogP contribution in [0.4, 0.5) is 0 Å². The molecule has 18 heavy (non-hydrogen) atoms. The normalized spacial score (nSPS) is 15.1. The third-order valence-corrected chi connectivity index (χ3v) is 3.47. The maximum Gasteiger partial charge on any atom is 0.258 e. The molecule has 1 saturated carbocycles. The lowest BCUT2D eigenvalue weighted by molar-refractivity contribution is 0.476. The van der Waals surface area contributed by atoms with Crippen LogP contribution in [-0.2, 0) is 6.42 Å². The van der Waals surface area contributed by atoms with E-state index in [4.69, 9.17) is 0 Å². The summed E-state index contributed by atoms with van der Waals surface area (Å²) in [7, 11) is 0. The second-order valence-electron chi connectivity index (χ2n) is 5.01. The average Bonchev–Trinajstić information content (AvgIpc) is 3.15. The molecule has 2 heterocycles. The topological polar surface area (TPSA) is 54.6 Å². The molecule has 0 amide bonds. The van der Waals surface area contributed by atoms with E-state index in [1.54, 1.807) is 24.4 Å². The standard InChI is InChI=1S/C14H16N2O2/c17-12-5-2-8-16-13(18)9-11(15-14(12)16)4-1-3-10-6-7-10/h2,5,8-10,17H,1,3-4,6-7H2. The molecule has 0 aromatic carbocycles. The Morgan fingerprint density at radius 1 is 1.44 bits per heavy atom. The highest BCUT2D eigenvalue weighted by atomic mass is 16.3. The maximum atomic E-state index is 11.9. The van der Waals surface area contributed by atoms with Gasteiger partial charge in [-0.05, 0) is 30.9 Å². The maximum absolute atomic E-state index is 11.9. The lowest BCUT2D eigenvalue weighted by Crippen LogP contribution is -2.15. The van der Waals surface area contributed by atoms with E-state index in [9.17, 15) is 9.90 Å². The fourth-order valence-corrected chi connectivity index (χ4v) is 2.26. The summed E-state index contributed by atoms with van der Waals surface area (Å²) >= 11 is 0. The van der Waals surface area contributed by atoms with Crippen molar-refractivity contribution in [2.24, 2.45) is 5.92 Å². The molecular weight excluding hydrogens is 228 g/mol. The smallest absolute Gasteiger partial charge is 0.258 e. The van der Waals surface area contributed by atoms with Crippen LogP contribution in [-0.4, -0.2) is 14.5 Å². The monoisotopic (exact) mass is 244 g/mol. The first-order chi connectivity index (χ1) is 8.74. The number of hydrogen-bond acceptors (Lipinski definition) is 3. The van der Waals surface area contributed by atoms with E-state index in [1.807, 2.05) is 0 Å². The van der Waals surface area contributed by atoms with Crippen LogP contribution in [0.1, 0.15) is 31.4 Å². The van der Waals surface area contributed by atoms with Gasteiger partial charge in [-0.3, -0.25) is 9.20 Å². The van der Waals surface area contributed by atoms with Crippen molar-refractivity contribution in [3.8, 4) is 5.75 Å². The van der Waals surface area contributed by atoms with E-state index in [1.165, 1.54) is 23.7 Å². The van der Waals surface area contributed by atoms with Crippen molar-refractivity contribution in [1.82, 2.24) is 9.38 Å². The second kappa shape index (κ2) is 4.44. The summed E-state index contributed by atoms with van der Waals surface area (Å²) in [4.78, 5) is 16.2. The van der Waals surface area contributed by atoms with Gasteiger partial charge in [0.2, 0.25) is 0 Å². The van der Waals surface area contributed by atoms with Crippen LogP contribution >= 0.6 is 0 Å². The molecule has 0 unspecified atom stereocenters. The predicted molar refractivity (Wildman–Crippen MR) is 68.8 cm³/mol. The Balaban J connectivity index is 1.88. The molecular formula is C14H16N2O2. The lowest BCUT2D eigenvalue weighted by Gasteiger charge is -2.05. The molecule has 2 aromatic heterocycles. The Bertz CT molecular complexity index is 629. The van der Waals surface area contributed by atoms with Gasteiger partial charge >= 0.3 is 0 Å². The van der Waals surface area contributed by atoms with Crippen molar-refractivity contribution in [2.45, 2.75) is 32.1 Å². The number of nitrogens with zero attached hydrogens (tertiary/aromatic N) is 2. The van der Waals surface area contributed by atoms with Gasteiger partial charge in [0.05, 0.1) is 0 Å². The van der Waals surface area contributed by atoms with Crippen molar-refractivity contribution >= 4 is 5.65 Å². The number of hydrogen-bond donors (Lipinski definition) is 1. The van der Waals surface area contributed by atoms with E-state index >= 15 is 0 Å². The number of aromatic nitrogens is 2. The summed E-state index contributed by atoms with van der Waals surface area (Å²) in [5, 5.41) is 9.72. The first-order valence-corrected chi connectivity index (χ1v) is 6.44. The molecule has 1 N–H and O–H groups in total. The van der Waals surface area contributed by atoms with Crippen molar-refractivity contribution in [1.29, 1.82) is 0 Å². The van der Waals surface area contributed by atoms with Gasteiger partial charge in [-0.15, -0.1) is 0 Å². The fourth-order valence-electron chi connectivity index (χ4n) is 2.26. The molecule has 4 nitrogen and oxygen atoms in total. The third kappa shape index (κ3) is 2.23. The SMILES string of the molecule is O=c1cc(CCCC2CC2)nc2c(O)cccn12. The molecule has 2 aromatic rings. The summed E-state index contributed by atoms with van der Waals surface area (Å²) < 4.78 is 1.37. The Kier molecular flexibility index (Phi) is 2.78. The molecule has 0 atom stereocenters. The van der Waals surface area contributed by atoms with Gasteiger partial charge in [0.25, 0.3) is 5.56 Å². The quantitative estimate of drug-likeness (QED) is 0.896. The van der Waals surface area contributed by atoms with Gasteiger partial charge in [0.1, 0.15) is 0 Å². The molecule has 3 rings (SSSR count). The van der Waals surface area contributed by atoms with Crippen molar-refractivity contribution < 1.29 is 5.11 Å². The zero-order valence-electron chi connectivity index (χ0n) is 10.2. The fraction of sp³-hybridized carbons (Fsp3) is 0.429. The van der Waals surface area contributed by atoms with Gasteiger partial charge < -0.3 is 5.11 Å². The van der Waals surface area contributed by atoms with E-state index in [0.29, 0.717) is 5.65 Å². The summed E-state index contributed by atoms with van der Waals surface area (Å²) in [5.74, 6) is 0.957. The highest BCUT2D eigenvalue weighted by Crippen LogP contribution is 2.33. The zero-order valence-corrected chi connectivity index (χ0v) is 10.2. The number of rotatable bonds is 4. The van der Waals surface area contributed by atoms with E-state index in [2.05, 4.69) is 4.98 Å². The Morgan fingerprint density at radius 3 is 3.06 bits per heavy atom. The second-order valence-corrected chi connectivity index (χ2v) is 5.01. The highest BCUT2D eigenvalue weighted by Gasteiger charge is 2.20. The van der Waals surface area contributed by atoms with Crippen LogP contribution in [0.5, 0.6) is 5.75 Å². The highest BCUT2D eigenvalue weighted by molar-refractivity contribution is 5.52. The average molecular weight is 244 g/mol. The number of aromatic hydroxyl groups is 1. The zero-order chi connectivity index (χ0) is 12.5. The first-order valence-electron chi connectivity index (χ1n) is 6.44. The summed E-state index contributed by atoms with van der Waals surface area (Å²) in [6.07, 6.45) is 7.45. The predicted octanol–water partition coefficient (Wildman–Crippen LogP) is 2.13. The molecule has 0 radical (unpaired) electrons. The van der Waals surface area contributed by atoms with Crippen molar-refractivity contribution in [3.05, 3.63) is 40.4 Å². The van der Waals surface area contributed by atoms with E-state index in [0.717, 1.165) is 24.5 Å². The largest absolute Gasteiger partial charge is 0.504 e. The van der Waals surface area contributed by atoms with Gasteiger partial charge in [-0.1, -0.05) is 19.3 Å². The molecule has 0 bridgehead atoms. The van der Waals surface area contributed by atoms with Gasteiger partial charge in [0, 0.05) is 18.0 Å². The molecule has 94 valence electrons. The van der Waals surface area contributed by atoms with Gasteiger partial charge in [-0.2, -0.15) is 0 Å². The first kappa shape index (κ1) is 11.3. The van der Waals surface area contributed by atoms with Crippen molar-refractivity contribution in [3.63, 3.8) is 0 Å². The molecule has 1 aliphatic rings. The number of pyridine rings is 1. The van der Waals surface area contributed by atoms with Crippen molar-refractivity contribution in [2.75, 3.05) is 0 Å². The molecule has 0 saturated heterocycles. The summed E-state index contributed by atoms with van der Waals surface area (Å²) in [6, 6.07) is 4.76. The lowest BCUT2D eigenvalue weighted by atomic mass is 10.1. The number of fused-ring (bicyclic) bond motifs is 1. The summed E-state index contributed by atoms with van der Waals surface area (Å²) in [6.45, 7) is 0. The van der Waals surface area contributed by atoms with Crippen LogP contribution in [0.15, 0.2) is 29.2 Å². The van der Waals surface area contributed by atoms with Crippen LogP contribution in [0.3, 0.4) is 0 Å². The van der Waals surface area contributed by atoms with Crippen LogP contribution in [0, 0.1) is 5.92 Å². The Hall–Kier alpha value is -1.84. The van der Waals surface area contributed by atoms with Crippen LogP contribution in [0.2, 0.25) is 0 Å². The van der Waals surface area contributed by atoms with E-state index < -0.39 is 0 Å². The Labute approximate surface area is 105 Å². The minimum Gasteiger partial charge on any atom is -0.504 e. The van der Waals surface area contributed by atoms with Gasteiger partial charge in [-0.25, -0.2) is 4.98 Å². The minimum atomic E-state index is -0.127. The number of aryl methyl sites for hydroxylation is 1. The molecule has 1 aliphatic carbocycles. The van der Waals surface area contributed by atoms with Crippen LogP contribution < -0.4 is 5.56 Å². The van der Waals surface area contributed by atoms with Gasteiger partial charge in [0.15, 0.2) is 11.4 Å². The molecule has 4 heteroatoms. The molecule has 1 fully saturated rings. The Morgan fingerprint density at radius 2 is 2.28 bits per heavy atom. The third-order valence-electron chi connectivity index (χ3n) is 3.47. The molecule has 0 aliphatic heterocycles. The van der Waals surface area contributed by atoms with E-state index in [-0.39, 0.29) is 11.3 Å².